The third-order valence-electron chi connectivity index (χ3n) is 2.55. The molecule has 0 amide bonds. The molecule has 0 spiro atoms. The van der Waals surface area contributed by atoms with Crippen molar-refractivity contribution in [3.05, 3.63) is 12.7 Å². The summed E-state index contributed by atoms with van der Waals surface area (Å²) in [5, 5.41) is 9.57. The molecule has 1 N–H and O–H groups in total. The minimum atomic E-state index is -0.590. The van der Waals surface area contributed by atoms with Gasteiger partial charge < -0.3 is 19.3 Å². The minimum absolute atomic E-state index is 0.161. The van der Waals surface area contributed by atoms with Crippen LogP contribution in [0.5, 0.6) is 0 Å². The summed E-state index contributed by atoms with van der Waals surface area (Å²) >= 11 is 0. The number of hydrogen-bond acceptors (Lipinski definition) is 5. The Kier molecular flexibility index (Phi) is 11.6. The third kappa shape index (κ3) is 11.9. The van der Waals surface area contributed by atoms with E-state index in [0.29, 0.717) is 19.8 Å². The van der Waals surface area contributed by atoms with Crippen molar-refractivity contribution in [2.45, 2.75) is 45.3 Å². The molecule has 2 unspecified atom stereocenters. The third-order valence-corrected chi connectivity index (χ3v) is 2.55. The lowest BCUT2D eigenvalue weighted by atomic mass is 10.3. The number of rotatable bonds is 12. The highest BCUT2D eigenvalue weighted by atomic mass is 16.5. The van der Waals surface area contributed by atoms with Crippen molar-refractivity contribution in [1.82, 2.24) is 0 Å². The molecule has 0 aliphatic heterocycles. The predicted molar refractivity (Wildman–Crippen MR) is 72.9 cm³/mol. The van der Waals surface area contributed by atoms with E-state index in [1.165, 1.54) is 0 Å². The zero-order valence-electron chi connectivity index (χ0n) is 12.0. The van der Waals surface area contributed by atoms with E-state index in [1.807, 2.05) is 13.8 Å². The number of hydrogen-bond donors (Lipinski definition) is 1. The van der Waals surface area contributed by atoms with Gasteiger partial charge in [-0.05, 0) is 26.2 Å². The molecule has 112 valence electrons. The average molecular weight is 274 g/mol. The highest BCUT2D eigenvalue weighted by molar-refractivity contribution is 5.81. The largest absolute Gasteiger partial charge is 0.463 e. The van der Waals surface area contributed by atoms with Crippen molar-refractivity contribution in [3.8, 4) is 0 Å². The highest BCUT2D eigenvalue weighted by Gasteiger charge is 2.07. The van der Waals surface area contributed by atoms with Crippen LogP contribution in [-0.4, -0.2) is 49.7 Å². The van der Waals surface area contributed by atoms with Crippen LogP contribution in [0.2, 0.25) is 0 Å². The predicted octanol–water partition coefficient (Wildman–Crippen LogP) is 1.69. The van der Waals surface area contributed by atoms with Gasteiger partial charge in [0.1, 0.15) is 6.10 Å². The van der Waals surface area contributed by atoms with Gasteiger partial charge in [-0.15, -0.1) is 0 Å². The zero-order valence-corrected chi connectivity index (χ0v) is 12.0. The molecular formula is C14H26O5. The van der Waals surface area contributed by atoms with E-state index in [4.69, 9.17) is 14.2 Å². The van der Waals surface area contributed by atoms with Crippen LogP contribution in [0.15, 0.2) is 12.7 Å². The standard InChI is InChI=1S/C14H26O5/c1-4-12(3)19-11-13(15)10-17-8-6-7-9-18-14(16)5-2/h5,12-13,15H,2,4,6-11H2,1,3H3. The van der Waals surface area contributed by atoms with Gasteiger partial charge in [-0.2, -0.15) is 0 Å². The maximum absolute atomic E-state index is 10.7. The van der Waals surface area contributed by atoms with Gasteiger partial charge in [-0.1, -0.05) is 13.5 Å². The molecular weight excluding hydrogens is 248 g/mol. The van der Waals surface area contributed by atoms with Crippen LogP contribution in [0.1, 0.15) is 33.1 Å². The number of carbonyl (C=O) groups excluding carboxylic acids is 1. The summed E-state index contributed by atoms with van der Waals surface area (Å²) in [6, 6.07) is 0. The van der Waals surface area contributed by atoms with Crippen molar-refractivity contribution < 1.29 is 24.1 Å². The van der Waals surface area contributed by atoms with E-state index >= 15 is 0 Å². The molecule has 5 heteroatoms. The summed E-state index contributed by atoms with van der Waals surface area (Å²) in [5.74, 6) is -0.404. The van der Waals surface area contributed by atoms with Crippen LogP contribution < -0.4 is 0 Å². The molecule has 0 saturated heterocycles. The number of aliphatic hydroxyl groups excluding tert-OH is 1. The quantitative estimate of drug-likeness (QED) is 0.333. The summed E-state index contributed by atoms with van der Waals surface area (Å²) < 4.78 is 15.5. The van der Waals surface area contributed by atoms with Crippen molar-refractivity contribution in [2.75, 3.05) is 26.4 Å². The average Bonchev–Trinajstić information content (AvgIpc) is 2.43. The van der Waals surface area contributed by atoms with Gasteiger partial charge in [0.25, 0.3) is 0 Å². The molecule has 0 bridgehead atoms. The molecule has 2 atom stereocenters. The summed E-state index contributed by atoms with van der Waals surface area (Å²) in [6.45, 7) is 8.78. The summed E-state index contributed by atoms with van der Waals surface area (Å²) in [5.41, 5.74) is 0. The first kappa shape index (κ1) is 18.1. The molecule has 0 aliphatic carbocycles. The van der Waals surface area contributed by atoms with Gasteiger partial charge in [0, 0.05) is 12.7 Å². The molecule has 0 aliphatic rings. The fraction of sp³-hybridized carbons (Fsp3) is 0.786. The first-order valence-corrected chi connectivity index (χ1v) is 6.76. The molecule has 5 nitrogen and oxygen atoms in total. The number of esters is 1. The molecule has 0 fully saturated rings. The van der Waals surface area contributed by atoms with Crippen molar-refractivity contribution >= 4 is 5.97 Å². The van der Waals surface area contributed by atoms with Gasteiger partial charge in [-0.25, -0.2) is 4.79 Å². The van der Waals surface area contributed by atoms with E-state index in [0.717, 1.165) is 25.3 Å². The van der Waals surface area contributed by atoms with E-state index in [9.17, 15) is 9.90 Å². The Bertz CT molecular complexity index is 242. The Morgan fingerprint density at radius 3 is 2.63 bits per heavy atom. The van der Waals surface area contributed by atoms with E-state index < -0.39 is 12.1 Å². The molecule has 0 aromatic carbocycles. The Hall–Kier alpha value is -0.910. The van der Waals surface area contributed by atoms with E-state index in [2.05, 4.69) is 6.58 Å². The van der Waals surface area contributed by atoms with Crippen molar-refractivity contribution in [1.29, 1.82) is 0 Å². The fourth-order valence-electron chi connectivity index (χ4n) is 1.20. The first-order valence-electron chi connectivity index (χ1n) is 6.76. The van der Waals surface area contributed by atoms with Gasteiger partial charge in [0.05, 0.1) is 25.9 Å². The second kappa shape index (κ2) is 12.1. The molecule has 0 rings (SSSR count). The minimum Gasteiger partial charge on any atom is -0.463 e. The summed E-state index contributed by atoms with van der Waals surface area (Å²) in [6.07, 6.45) is 3.16. The van der Waals surface area contributed by atoms with Crippen LogP contribution in [0.25, 0.3) is 0 Å². The zero-order chi connectivity index (χ0) is 14.5. The smallest absolute Gasteiger partial charge is 0.330 e. The molecule has 0 heterocycles. The van der Waals surface area contributed by atoms with Crippen LogP contribution in [0.4, 0.5) is 0 Å². The van der Waals surface area contributed by atoms with Gasteiger partial charge in [0.2, 0.25) is 0 Å². The Balaban J connectivity index is 3.29. The maximum Gasteiger partial charge on any atom is 0.330 e. The lowest BCUT2D eigenvalue weighted by molar-refractivity contribution is -0.137. The number of aliphatic hydroxyl groups is 1. The Labute approximate surface area is 115 Å². The van der Waals surface area contributed by atoms with Crippen molar-refractivity contribution in [2.24, 2.45) is 0 Å². The second-order valence-corrected chi connectivity index (χ2v) is 4.36. The van der Waals surface area contributed by atoms with Crippen LogP contribution in [-0.2, 0) is 19.0 Å². The normalized spacial score (nSPS) is 13.8. The fourth-order valence-corrected chi connectivity index (χ4v) is 1.20. The number of unbranched alkanes of at least 4 members (excludes halogenated alkanes) is 1. The molecule has 0 aromatic rings. The number of carbonyl (C=O) groups is 1. The highest BCUT2D eigenvalue weighted by Crippen LogP contribution is 1.99. The molecule has 0 aromatic heterocycles. The molecule has 0 saturated carbocycles. The lowest BCUT2D eigenvalue weighted by Gasteiger charge is -2.15. The molecule has 19 heavy (non-hydrogen) atoms. The van der Waals surface area contributed by atoms with Gasteiger partial charge in [0.15, 0.2) is 0 Å². The topological polar surface area (TPSA) is 65.0 Å². The Morgan fingerprint density at radius 2 is 2.00 bits per heavy atom. The van der Waals surface area contributed by atoms with Gasteiger partial charge >= 0.3 is 5.97 Å². The van der Waals surface area contributed by atoms with E-state index in [-0.39, 0.29) is 12.7 Å². The SMILES string of the molecule is C=CC(=O)OCCCCOCC(O)COC(C)CC. The van der Waals surface area contributed by atoms with Crippen molar-refractivity contribution in [3.63, 3.8) is 0 Å². The second-order valence-electron chi connectivity index (χ2n) is 4.36. The van der Waals surface area contributed by atoms with E-state index in [1.54, 1.807) is 0 Å². The first-order chi connectivity index (χ1) is 9.10. The monoisotopic (exact) mass is 274 g/mol. The maximum atomic E-state index is 10.7. The Morgan fingerprint density at radius 1 is 1.32 bits per heavy atom. The summed E-state index contributed by atoms with van der Waals surface area (Å²) in [7, 11) is 0. The number of ether oxygens (including phenoxy) is 3. The lowest BCUT2D eigenvalue weighted by Crippen LogP contribution is -2.24. The molecule has 0 radical (unpaired) electrons. The van der Waals surface area contributed by atoms with Crippen LogP contribution in [0.3, 0.4) is 0 Å². The summed E-state index contributed by atoms with van der Waals surface area (Å²) in [4.78, 5) is 10.7. The van der Waals surface area contributed by atoms with Gasteiger partial charge in [-0.3, -0.25) is 0 Å². The van der Waals surface area contributed by atoms with Crippen LogP contribution in [0, 0.1) is 0 Å². The van der Waals surface area contributed by atoms with Crippen LogP contribution >= 0.6 is 0 Å².